The molecule has 2 aromatic rings. The molecule has 0 unspecified atom stereocenters. The van der Waals surface area contributed by atoms with Crippen molar-refractivity contribution in [3.05, 3.63) is 29.2 Å². The van der Waals surface area contributed by atoms with E-state index in [0.717, 1.165) is 25.0 Å². The third-order valence-electron chi connectivity index (χ3n) is 3.98. The minimum Gasteiger partial charge on any atom is -0.349 e. The number of hydrogen-bond donors (Lipinski definition) is 1. The average molecular weight is 286 g/mol. The monoisotopic (exact) mass is 286 g/mol. The summed E-state index contributed by atoms with van der Waals surface area (Å²) in [6.07, 6.45) is 6.13. The first-order chi connectivity index (χ1) is 10.1. The molecule has 1 aliphatic carbocycles. The van der Waals surface area contributed by atoms with Crippen LogP contribution in [0.1, 0.15) is 59.5 Å². The number of nitrogens with one attached hydrogen (secondary N) is 1. The van der Waals surface area contributed by atoms with E-state index in [-0.39, 0.29) is 17.7 Å². The number of aryl methyl sites for hydroxylation is 1. The minimum atomic E-state index is -0.172. The first-order valence-corrected chi connectivity index (χ1v) is 7.31. The van der Waals surface area contributed by atoms with Crippen LogP contribution in [0.4, 0.5) is 0 Å². The molecule has 0 aliphatic heterocycles. The minimum absolute atomic E-state index is 0.103. The Bertz CT molecular complexity index is 720. The number of carbonyl (C=O) groups excluding carboxylic acids is 2. The van der Waals surface area contributed by atoms with Gasteiger partial charge in [-0.05, 0) is 26.2 Å². The van der Waals surface area contributed by atoms with Gasteiger partial charge >= 0.3 is 0 Å². The Morgan fingerprint density at radius 1 is 1.43 bits per heavy atom. The summed E-state index contributed by atoms with van der Waals surface area (Å²) in [4.78, 5) is 28.4. The Morgan fingerprint density at radius 3 is 3.00 bits per heavy atom. The second-order valence-electron chi connectivity index (χ2n) is 5.47. The van der Waals surface area contributed by atoms with Gasteiger partial charge in [-0.1, -0.05) is 6.92 Å². The van der Waals surface area contributed by atoms with Crippen molar-refractivity contribution in [2.75, 3.05) is 0 Å². The molecule has 1 N–H and O–H groups in total. The van der Waals surface area contributed by atoms with Crippen molar-refractivity contribution in [1.29, 1.82) is 0 Å². The van der Waals surface area contributed by atoms with E-state index in [1.807, 2.05) is 13.8 Å². The predicted octanol–water partition coefficient (Wildman–Crippen LogP) is 1.78. The number of aromatic nitrogens is 3. The highest BCUT2D eigenvalue weighted by Gasteiger charge is 2.23. The lowest BCUT2D eigenvalue weighted by Gasteiger charge is -2.15. The zero-order valence-corrected chi connectivity index (χ0v) is 12.2. The highest BCUT2D eigenvalue weighted by molar-refractivity contribution is 6.01. The maximum atomic E-state index is 12.3. The molecule has 1 aliphatic rings. The number of nitrogens with zero attached hydrogens (tertiary/aromatic N) is 3. The lowest BCUT2D eigenvalue weighted by molar-refractivity contribution is 0.0939. The fourth-order valence-corrected chi connectivity index (χ4v) is 2.57. The van der Waals surface area contributed by atoms with E-state index in [9.17, 15) is 9.59 Å². The number of hydrogen-bond acceptors (Lipinski definition) is 4. The molecule has 6 nitrogen and oxygen atoms in total. The maximum Gasteiger partial charge on any atom is 0.256 e. The summed E-state index contributed by atoms with van der Waals surface area (Å²) < 4.78 is 1.64. The van der Waals surface area contributed by atoms with Gasteiger partial charge < -0.3 is 5.32 Å². The van der Waals surface area contributed by atoms with Crippen LogP contribution in [0.3, 0.4) is 0 Å². The van der Waals surface area contributed by atoms with Crippen LogP contribution in [0, 0.1) is 0 Å². The van der Waals surface area contributed by atoms with E-state index >= 15 is 0 Å². The SMILES string of the molecule is CC[C@@H](C)NC(=O)c1cnn2c3c(cnc12)C(=O)CCC3. The van der Waals surface area contributed by atoms with Gasteiger partial charge in [0.05, 0.1) is 17.5 Å². The number of rotatable bonds is 3. The number of carbonyl (C=O) groups is 2. The van der Waals surface area contributed by atoms with Crippen molar-refractivity contribution in [2.24, 2.45) is 0 Å². The molecular weight excluding hydrogens is 268 g/mol. The summed E-state index contributed by atoms with van der Waals surface area (Å²) in [5, 5.41) is 7.18. The summed E-state index contributed by atoms with van der Waals surface area (Å²) in [5.41, 5.74) is 2.46. The summed E-state index contributed by atoms with van der Waals surface area (Å²) >= 11 is 0. The van der Waals surface area contributed by atoms with Crippen LogP contribution in [0.5, 0.6) is 0 Å². The normalized spacial score (nSPS) is 15.8. The van der Waals surface area contributed by atoms with E-state index in [2.05, 4.69) is 15.4 Å². The standard InChI is InChI=1S/C15H18N4O2/c1-3-9(2)18-15(21)11-8-17-19-12-5-4-6-13(20)10(12)7-16-14(11)19/h7-9H,3-6H2,1-2H3,(H,18,21)/t9-/m1/s1. The second kappa shape index (κ2) is 5.27. The van der Waals surface area contributed by atoms with Crippen LogP contribution in [0.15, 0.2) is 12.4 Å². The van der Waals surface area contributed by atoms with Crippen LogP contribution < -0.4 is 5.32 Å². The van der Waals surface area contributed by atoms with Crippen LogP contribution in [-0.4, -0.2) is 32.3 Å². The molecule has 0 fully saturated rings. The van der Waals surface area contributed by atoms with Crippen LogP contribution in [0.2, 0.25) is 0 Å². The Labute approximate surface area is 122 Å². The van der Waals surface area contributed by atoms with E-state index in [4.69, 9.17) is 0 Å². The molecule has 6 heteroatoms. The van der Waals surface area contributed by atoms with Gasteiger partial charge in [0.25, 0.3) is 5.91 Å². The van der Waals surface area contributed by atoms with Crippen molar-refractivity contribution >= 4 is 17.3 Å². The zero-order chi connectivity index (χ0) is 15.0. The molecule has 1 atom stereocenters. The summed E-state index contributed by atoms with van der Waals surface area (Å²) in [7, 11) is 0. The topological polar surface area (TPSA) is 76.4 Å². The quantitative estimate of drug-likeness (QED) is 0.933. The summed E-state index contributed by atoms with van der Waals surface area (Å²) in [6, 6.07) is 0.103. The molecule has 0 aromatic carbocycles. The average Bonchev–Trinajstić information content (AvgIpc) is 2.91. The van der Waals surface area contributed by atoms with Gasteiger partial charge in [0.1, 0.15) is 5.56 Å². The van der Waals surface area contributed by atoms with E-state index < -0.39 is 0 Å². The van der Waals surface area contributed by atoms with Crippen LogP contribution in [-0.2, 0) is 6.42 Å². The lowest BCUT2D eigenvalue weighted by Crippen LogP contribution is -2.32. The largest absolute Gasteiger partial charge is 0.349 e. The van der Waals surface area contributed by atoms with Crippen molar-refractivity contribution < 1.29 is 9.59 Å². The molecule has 0 radical (unpaired) electrons. The molecule has 2 heterocycles. The van der Waals surface area contributed by atoms with Gasteiger partial charge in [0, 0.05) is 18.7 Å². The molecule has 3 rings (SSSR count). The summed E-state index contributed by atoms with van der Waals surface area (Å²) in [6.45, 7) is 3.97. The van der Waals surface area contributed by atoms with Crippen LogP contribution >= 0.6 is 0 Å². The highest BCUT2D eigenvalue weighted by Crippen LogP contribution is 2.22. The van der Waals surface area contributed by atoms with E-state index in [1.165, 1.54) is 6.20 Å². The van der Waals surface area contributed by atoms with Crippen molar-refractivity contribution in [3.63, 3.8) is 0 Å². The Kier molecular flexibility index (Phi) is 3.45. The lowest BCUT2D eigenvalue weighted by atomic mass is 9.96. The number of Topliss-reactive ketones (excluding diaryl/α,β-unsaturated/α-hetero) is 1. The molecule has 0 bridgehead atoms. The second-order valence-corrected chi connectivity index (χ2v) is 5.47. The number of ketones is 1. The highest BCUT2D eigenvalue weighted by atomic mass is 16.1. The Hall–Kier alpha value is -2.24. The first kappa shape index (κ1) is 13.7. The van der Waals surface area contributed by atoms with Gasteiger partial charge in [-0.3, -0.25) is 9.59 Å². The van der Waals surface area contributed by atoms with Crippen molar-refractivity contribution in [2.45, 2.75) is 45.6 Å². The number of fused-ring (bicyclic) bond motifs is 3. The molecule has 21 heavy (non-hydrogen) atoms. The van der Waals surface area contributed by atoms with Crippen molar-refractivity contribution in [3.8, 4) is 0 Å². The van der Waals surface area contributed by atoms with Gasteiger partial charge in [0.15, 0.2) is 11.4 Å². The molecule has 0 saturated carbocycles. The maximum absolute atomic E-state index is 12.3. The fourth-order valence-electron chi connectivity index (χ4n) is 2.57. The molecule has 1 amide bonds. The summed E-state index contributed by atoms with van der Waals surface area (Å²) in [5.74, 6) is -0.0688. The Morgan fingerprint density at radius 2 is 2.24 bits per heavy atom. The van der Waals surface area contributed by atoms with E-state index in [1.54, 1.807) is 10.7 Å². The van der Waals surface area contributed by atoms with Gasteiger partial charge in [0.2, 0.25) is 0 Å². The fraction of sp³-hybridized carbons (Fsp3) is 0.467. The first-order valence-electron chi connectivity index (χ1n) is 7.31. The molecule has 2 aromatic heterocycles. The smallest absolute Gasteiger partial charge is 0.256 e. The third-order valence-corrected chi connectivity index (χ3v) is 3.98. The van der Waals surface area contributed by atoms with Gasteiger partial charge in [-0.25, -0.2) is 9.50 Å². The Balaban J connectivity index is 2.04. The van der Waals surface area contributed by atoms with Gasteiger partial charge in [-0.15, -0.1) is 0 Å². The third kappa shape index (κ3) is 2.30. The number of amides is 1. The molecule has 110 valence electrons. The molecular formula is C15H18N4O2. The molecule has 0 saturated heterocycles. The van der Waals surface area contributed by atoms with Crippen molar-refractivity contribution in [1.82, 2.24) is 19.9 Å². The van der Waals surface area contributed by atoms with Crippen LogP contribution in [0.25, 0.3) is 5.65 Å². The predicted molar refractivity (Wildman–Crippen MR) is 77.5 cm³/mol. The van der Waals surface area contributed by atoms with E-state index in [0.29, 0.717) is 23.2 Å². The zero-order valence-electron chi connectivity index (χ0n) is 12.2. The molecule has 0 spiro atoms. The van der Waals surface area contributed by atoms with Gasteiger partial charge in [-0.2, -0.15) is 5.10 Å².